The first-order chi connectivity index (χ1) is 12.7. The number of aryl methyl sites for hydroxylation is 2. The number of hydrogen-bond acceptors (Lipinski definition) is 5. The van der Waals surface area contributed by atoms with E-state index in [1.165, 1.54) is 5.56 Å². The van der Waals surface area contributed by atoms with Gasteiger partial charge >= 0.3 is 5.97 Å². The fourth-order valence-corrected chi connectivity index (χ4v) is 3.58. The molecule has 0 fully saturated rings. The van der Waals surface area contributed by atoms with Crippen molar-refractivity contribution >= 4 is 17.7 Å². The molecule has 0 saturated carbocycles. The monoisotopic (exact) mass is 373 g/mol. The van der Waals surface area contributed by atoms with Crippen molar-refractivity contribution in [1.29, 1.82) is 0 Å². The third-order valence-electron chi connectivity index (χ3n) is 4.37. The van der Waals surface area contributed by atoms with Crippen molar-refractivity contribution in [3.8, 4) is 17.0 Å². The van der Waals surface area contributed by atoms with Crippen molar-refractivity contribution in [2.75, 3.05) is 25.2 Å². The zero-order valence-corrected chi connectivity index (χ0v) is 15.9. The number of thioether (sulfide) groups is 1. The molecule has 0 amide bonds. The van der Waals surface area contributed by atoms with Crippen LogP contribution in [0.25, 0.3) is 11.3 Å². The molecular formula is C20H23NO4S. The molecule has 6 heteroatoms. The maximum atomic E-state index is 13.0. The summed E-state index contributed by atoms with van der Waals surface area (Å²) in [6, 6.07) is 8.02. The quantitative estimate of drug-likeness (QED) is 0.550. The predicted molar refractivity (Wildman–Crippen MR) is 104 cm³/mol. The highest BCUT2D eigenvalue weighted by atomic mass is 32.2. The molecule has 0 aliphatic carbocycles. The maximum Gasteiger partial charge on any atom is 0.343 e. The Bertz CT molecular complexity index is 859. The van der Waals surface area contributed by atoms with Crippen LogP contribution in [0.15, 0.2) is 35.3 Å². The first-order valence-electron chi connectivity index (χ1n) is 8.82. The highest BCUT2D eigenvalue weighted by molar-refractivity contribution is 7.98. The number of aromatic nitrogens is 1. The lowest BCUT2D eigenvalue weighted by atomic mass is 9.96. The van der Waals surface area contributed by atoms with Gasteiger partial charge in [-0.25, -0.2) is 4.79 Å². The van der Waals surface area contributed by atoms with Crippen molar-refractivity contribution in [3.63, 3.8) is 0 Å². The van der Waals surface area contributed by atoms with Gasteiger partial charge in [-0.3, -0.25) is 4.79 Å². The largest absolute Gasteiger partial charge is 0.487 e. The summed E-state index contributed by atoms with van der Waals surface area (Å²) in [5.41, 5.74) is 2.58. The molecule has 0 atom stereocenters. The van der Waals surface area contributed by atoms with Gasteiger partial charge in [0.05, 0.1) is 18.9 Å². The Labute approximate surface area is 157 Å². The molecule has 0 unspecified atom stereocenters. The molecule has 1 aliphatic heterocycles. The number of benzene rings is 1. The summed E-state index contributed by atoms with van der Waals surface area (Å²) in [4.78, 5) is 25.2. The third-order valence-corrected chi connectivity index (χ3v) is 5.06. The molecule has 1 aromatic heterocycles. The molecule has 0 bridgehead atoms. The van der Waals surface area contributed by atoms with E-state index in [1.807, 2.05) is 29.0 Å². The molecule has 0 saturated heterocycles. The number of pyridine rings is 1. The number of fused-ring (bicyclic) bond motifs is 3. The summed E-state index contributed by atoms with van der Waals surface area (Å²) in [7, 11) is 0. The minimum absolute atomic E-state index is 0.0369. The number of hydrogen-bond donors (Lipinski definition) is 0. The molecule has 138 valence electrons. The Morgan fingerprint density at radius 2 is 2.12 bits per heavy atom. The predicted octanol–water partition coefficient (Wildman–Crippen LogP) is 3.38. The molecule has 2 aromatic rings. The van der Waals surface area contributed by atoms with Crippen molar-refractivity contribution in [1.82, 2.24) is 4.57 Å². The van der Waals surface area contributed by atoms with Crippen LogP contribution in [0.3, 0.4) is 0 Å². The Morgan fingerprint density at radius 1 is 1.31 bits per heavy atom. The Kier molecular flexibility index (Phi) is 6.04. The van der Waals surface area contributed by atoms with E-state index in [0.29, 0.717) is 13.2 Å². The Balaban J connectivity index is 2.10. The molecule has 1 aromatic carbocycles. The van der Waals surface area contributed by atoms with Gasteiger partial charge in [0.2, 0.25) is 5.43 Å². The van der Waals surface area contributed by atoms with Gasteiger partial charge in [0.25, 0.3) is 0 Å². The lowest BCUT2D eigenvalue weighted by Crippen LogP contribution is -2.26. The smallest absolute Gasteiger partial charge is 0.343 e. The van der Waals surface area contributed by atoms with Gasteiger partial charge in [-0.05, 0) is 37.3 Å². The standard InChI is InChI=1S/C20H23NO4S/c1-3-24-20(23)16-13-21-10-9-14-7-4-5-8-15(14)17(21)19(18(16)22)25-11-6-12-26-2/h4-5,7-8,13H,3,6,9-12H2,1-2H3. The van der Waals surface area contributed by atoms with E-state index in [0.717, 1.165) is 29.9 Å². The molecule has 26 heavy (non-hydrogen) atoms. The van der Waals surface area contributed by atoms with Crippen LogP contribution in [0.2, 0.25) is 0 Å². The number of ether oxygens (including phenoxy) is 2. The second-order valence-corrected chi connectivity index (χ2v) is 7.05. The average molecular weight is 373 g/mol. The summed E-state index contributed by atoms with van der Waals surface area (Å²) in [5, 5.41) is 0. The van der Waals surface area contributed by atoms with Gasteiger partial charge in [0.15, 0.2) is 5.75 Å². The second-order valence-electron chi connectivity index (χ2n) is 6.07. The summed E-state index contributed by atoms with van der Waals surface area (Å²) < 4.78 is 12.9. The maximum absolute atomic E-state index is 13.0. The minimum Gasteiger partial charge on any atom is -0.487 e. The molecule has 0 N–H and O–H groups in total. The van der Waals surface area contributed by atoms with Gasteiger partial charge < -0.3 is 14.0 Å². The fraction of sp³-hybridized carbons (Fsp3) is 0.400. The molecule has 3 rings (SSSR count). The highest BCUT2D eigenvalue weighted by Crippen LogP contribution is 2.34. The van der Waals surface area contributed by atoms with Crippen LogP contribution in [-0.2, 0) is 17.7 Å². The van der Waals surface area contributed by atoms with Gasteiger partial charge in [-0.1, -0.05) is 24.3 Å². The Morgan fingerprint density at radius 3 is 2.88 bits per heavy atom. The van der Waals surface area contributed by atoms with E-state index in [4.69, 9.17) is 9.47 Å². The van der Waals surface area contributed by atoms with Crippen LogP contribution in [0.4, 0.5) is 0 Å². The lowest BCUT2D eigenvalue weighted by Gasteiger charge is -2.25. The number of nitrogens with zero attached hydrogens (tertiary/aromatic N) is 1. The summed E-state index contributed by atoms with van der Waals surface area (Å²) in [6.45, 7) is 3.09. The van der Waals surface area contributed by atoms with Gasteiger partial charge in [-0.15, -0.1) is 0 Å². The lowest BCUT2D eigenvalue weighted by molar-refractivity contribution is 0.0523. The van der Waals surface area contributed by atoms with Gasteiger partial charge in [0, 0.05) is 18.3 Å². The first kappa shape index (κ1) is 18.6. The van der Waals surface area contributed by atoms with Crippen LogP contribution in [0.5, 0.6) is 5.75 Å². The minimum atomic E-state index is -0.597. The molecule has 5 nitrogen and oxygen atoms in total. The molecule has 2 heterocycles. The van der Waals surface area contributed by atoms with Crippen molar-refractivity contribution < 1.29 is 14.3 Å². The summed E-state index contributed by atoms with van der Waals surface area (Å²) >= 11 is 1.74. The molecular weight excluding hydrogens is 350 g/mol. The topological polar surface area (TPSA) is 57.5 Å². The van der Waals surface area contributed by atoms with Crippen LogP contribution in [-0.4, -0.2) is 35.8 Å². The second kappa shape index (κ2) is 8.45. The van der Waals surface area contributed by atoms with E-state index in [1.54, 1.807) is 24.9 Å². The molecule has 0 spiro atoms. The highest BCUT2D eigenvalue weighted by Gasteiger charge is 2.26. The normalized spacial score (nSPS) is 12.2. The van der Waals surface area contributed by atoms with E-state index in [-0.39, 0.29) is 17.9 Å². The van der Waals surface area contributed by atoms with Crippen LogP contribution < -0.4 is 10.2 Å². The molecule has 0 radical (unpaired) electrons. The SMILES string of the molecule is CCOC(=O)c1cn2c(c(OCCCSC)c1=O)-c1ccccc1CC2. The van der Waals surface area contributed by atoms with E-state index < -0.39 is 11.4 Å². The van der Waals surface area contributed by atoms with Crippen molar-refractivity contribution in [2.24, 2.45) is 0 Å². The van der Waals surface area contributed by atoms with E-state index in [2.05, 4.69) is 6.07 Å². The third kappa shape index (κ3) is 3.65. The number of carbonyl (C=O) groups is 1. The van der Waals surface area contributed by atoms with Gasteiger partial charge in [0.1, 0.15) is 5.56 Å². The van der Waals surface area contributed by atoms with Crippen LogP contribution in [0, 0.1) is 0 Å². The summed E-state index contributed by atoms with van der Waals surface area (Å²) in [6.07, 6.45) is 5.33. The van der Waals surface area contributed by atoms with Crippen molar-refractivity contribution in [2.45, 2.75) is 26.3 Å². The van der Waals surface area contributed by atoms with Gasteiger partial charge in [-0.2, -0.15) is 11.8 Å². The molecule has 1 aliphatic rings. The zero-order valence-electron chi connectivity index (χ0n) is 15.1. The average Bonchev–Trinajstić information content (AvgIpc) is 2.66. The van der Waals surface area contributed by atoms with Crippen LogP contribution in [0.1, 0.15) is 29.3 Å². The van der Waals surface area contributed by atoms with Crippen LogP contribution >= 0.6 is 11.8 Å². The first-order valence-corrected chi connectivity index (χ1v) is 10.2. The number of esters is 1. The van der Waals surface area contributed by atoms with Crippen molar-refractivity contribution in [3.05, 3.63) is 51.8 Å². The zero-order chi connectivity index (χ0) is 18.5. The number of carbonyl (C=O) groups excluding carboxylic acids is 1. The Hall–Kier alpha value is -2.21. The fourth-order valence-electron chi connectivity index (χ4n) is 3.17. The summed E-state index contributed by atoms with van der Waals surface area (Å²) in [5.74, 6) is 0.613. The van der Waals surface area contributed by atoms with E-state index >= 15 is 0 Å². The van der Waals surface area contributed by atoms with E-state index in [9.17, 15) is 9.59 Å². The number of rotatable bonds is 7.